The molecule has 0 spiro atoms. The average Bonchev–Trinajstić information content (AvgIpc) is 3.41. The summed E-state index contributed by atoms with van der Waals surface area (Å²) in [7, 11) is 0. The lowest BCUT2D eigenvalue weighted by Crippen LogP contribution is -2.55. The van der Waals surface area contributed by atoms with Gasteiger partial charge in [0.25, 0.3) is 0 Å². The van der Waals surface area contributed by atoms with Crippen molar-refractivity contribution in [1.29, 1.82) is 0 Å². The van der Waals surface area contributed by atoms with Gasteiger partial charge in [0, 0.05) is 6.54 Å². The number of anilines is 1. The Kier molecular flexibility index (Phi) is 5.20. The van der Waals surface area contributed by atoms with Crippen LogP contribution in [0, 0.1) is 0 Å². The van der Waals surface area contributed by atoms with Gasteiger partial charge in [-0.25, -0.2) is 9.78 Å². The first-order valence-corrected chi connectivity index (χ1v) is 12.0. The number of H-pyrrole nitrogens is 1. The smallest absolute Gasteiger partial charge is 0.435 e. The number of carbonyl (C=O) groups excluding carboxylic acids is 2. The second kappa shape index (κ2) is 7.91. The number of likely N-dealkylation sites (tertiary alicyclic amines) is 1. The zero-order valence-corrected chi connectivity index (χ0v) is 20.2. The first-order chi connectivity index (χ1) is 16.6. The number of primary amides is 1. The highest BCUT2D eigenvalue weighted by Crippen LogP contribution is 2.43. The summed E-state index contributed by atoms with van der Waals surface area (Å²) in [6.07, 6.45) is 2.29. The number of likely N-dealkylation sites (N-methyl/N-ethyl adjacent to an activating group) is 1. The van der Waals surface area contributed by atoms with E-state index in [1.807, 2.05) is 32.9 Å². The van der Waals surface area contributed by atoms with Gasteiger partial charge < -0.3 is 20.7 Å². The summed E-state index contributed by atoms with van der Waals surface area (Å²) in [6.45, 7) is 7.02. The number of aromatic nitrogens is 4. The Morgan fingerprint density at radius 1 is 1.17 bits per heavy atom. The highest BCUT2D eigenvalue weighted by Gasteiger charge is 2.45. The zero-order valence-electron chi connectivity index (χ0n) is 20.2. The molecule has 1 fully saturated rings. The summed E-state index contributed by atoms with van der Waals surface area (Å²) < 4.78 is 0.592. The van der Waals surface area contributed by atoms with E-state index in [4.69, 9.17) is 5.73 Å². The van der Waals surface area contributed by atoms with Crippen molar-refractivity contribution in [2.75, 3.05) is 24.5 Å². The van der Waals surface area contributed by atoms with Crippen molar-refractivity contribution in [3.63, 3.8) is 0 Å². The van der Waals surface area contributed by atoms with Gasteiger partial charge in [0.1, 0.15) is 5.69 Å². The molecule has 3 amide bonds. The number of carbonyl (C=O) groups is 3. The van der Waals surface area contributed by atoms with Crippen molar-refractivity contribution in [1.82, 2.24) is 24.2 Å². The summed E-state index contributed by atoms with van der Waals surface area (Å²) in [5.74, 6) is 0.678. The zero-order chi connectivity index (χ0) is 25.1. The number of benzene rings is 1. The molecule has 11 nitrogen and oxygen atoms in total. The topological polar surface area (TPSA) is 147 Å². The van der Waals surface area contributed by atoms with Gasteiger partial charge in [-0.3, -0.25) is 4.79 Å². The SMILES string of the molecule is CCN1C(=O)C(C)(C)c2cc3[nH]c(-c4cc([N+]5(C(=O)O)CCCCCC5)n(C(N)=O)n4)nc3cc21. The van der Waals surface area contributed by atoms with Crippen LogP contribution in [0.2, 0.25) is 0 Å². The number of amides is 3. The number of hydrogen-bond donors (Lipinski definition) is 3. The Hall–Kier alpha value is -3.73. The van der Waals surface area contributed by atoms with Crippen LogP contribution < -0.4 is 15.1 Å². The Morgan fingerprint density at radius 3 is 2.46 bits per heavy atom. The molecular weight excluding hydrogens is 450 g/mol. The normalized spacial score (nSPS) is 19.1. The fraction of sp³-hybridized carbons (Fsp3) is 0.458. The Balaban J connectivity index is 1.64. The van der Waals surface area contributed by atoms with E-state index in [1.54, 1.807) is 11.0 Å². The molecule has 2 aromatic heterocycles. The van der Waals surface area contributed by atoms with Gasteiger partial charge in [0.2, 0.25) is 11.7 Å². The standard InChI is InChI=1S/C24H29N7O4/c1-4-29-18-12-16-15(11-14(18)24(2,3)21(29)32)26-20(27-16)17-13-19(30(28-17)22(25)33)31(23(34)35)9-7-5-6-8-10-31/h11-13H,4-10H2,1-3H3,(H3-,25,26,27,28,33,34,35)/p+1. The maximum atomic E-state index is 12.9. The first kappa shape index (κ1) is 23.0. The third-order valence-corrected chi connectivity index (χ3v) is 7.44. The fourth-order valence-electron chi connectivity index (χ4n) is 5.47. The van der Waals surface area contributed by atoms with Crippen LogP contribution >= 0.6 is 0 Å². The van der Waals surface area contributed by atoms with Crippen LogP contribution in [0.15, 0.2) is 18.2 Å². The summed E-state index contributed by atoms with van der Waals surface area (Å²) >= 11 is 0. The van der Waals surface area contributed by atoms with E-state index in [9.17, 15) is 19.5 Å². The van der Waals surface area contributed by atoms with E-state index in [-0.39, 0.29) is 11.7 Å². The van der Waals surface area contributed by atoms with Crippen LogP contribution in [-0.4, -0.2) is 62.5 Å². The maximum absolute atomic E-state index is 12.9. The predicted octanol–water partition coefficient (Wildman–Crippen LogP) is 3.56. The Morgan fingerprint density at radius 2 is 1.86 bits per heavy atom. The van der Waals surface area contributed by atoms with Crippen LogP contribution in [0.4, 0.5) is 21.1 Å². The molecule has 2 aliphatic rings. The summed E-state index contributed by atoms with van der Waals surface area (Å²) in [6, 6.07) is 4.57. The molecule has 0 atom stereocenters. The Labute approximate surface area is 202 Å². The molecule has 0 unspecified atom stereocenters. The number of rotatable bonds is 3. The summed E-state index contributed by atoms with van der Waals surface area (Å²) in [5, 5.41) is 14.6. The number of hydrogen-bond acceptors (Lipinski definition) is 5. The molecule has 0 saturated carbocycles. The van der Waals surface area contributed by atoms with Gasteiger partial charge in [-0.05, 0) is 64.2 Å². The number of aromatic amines is 1. The minimum Gasteiger partial charge on any atom is -0.435 e. The highest BCUT2D eigenvalue weighted by atomic mass is 16.4. The molecule has 4 heterocycles. The Bertz CT molecular complexity index is 1360. The highest BCUT2D eigenvalue weighted by molar-refractivity contribution is 6.09. The van der Waals surface area contributed by atoms with E-state index in [2.05, 4.69) is 15.1 Å². The number of quaternary nitrogens is 1. The van der Waals surface area contributed by atoms with Gasteiger partial charge in [-0.1, -0.05) is 0 Å². The van der Waals surface area contributed by atoms with E-state index < -0.39 is 22.0 Å². The van der Waals surface area contributed by atoms with Crippen molar-refractivity contribution in [3.05, 3.63) is 23.8 Å². The lowest BCUT2D eigenvalue weighted by Gasteiger charge is -2.29. The number of fused-ring (bicyclic) bond motifs is 2. The van der Waals surface area contributed by atoms with Crippen LogP contribution in [0.1, 0.15) is 52.0 Å². The fourth-order valence-corrected chi connectivity index (χ4v) is 5.47. The minimum atomic E-state index is -1.03. The van der Waals surface area contributed by atoms with Gasteiger partial charge in [0.15, 0.2) is 5.82 Å². The van der Waals surface area contributed by atoms with Gasteiger partial charge >= 0.3 is 12.1 Å². The third kappa shape index (κ3) is 3.33. The lowest BCUT2D eigenvalue weighted by atomic mass is 9.86. The van der Waals surface area contributed by atoms with Crippen molar-refractivity contribution in [3.8, 4) is 11.5 Å². The second-order valence-corrected chi connectivity index (χ2v) is 9.90. The molecule has 11 heteroatoms. The number of carboxylic acid groups (broad SMARTS) is 1. The van der Waals surface area contributed by atoms with E-state index in [0.717, 1.165) is 47.1 Å². The molecular formula is C24H30N7O4+. The van der Waals surface area contributed by atoms with E-state index in [1.165, 1.54) is 0 Å². The maximum Gasteiger partial charge on any atom is 0.520 e. The lowest BCUT2D eigenvalue weighted by molar-refractivity contribution is -0.122. The molecule has 1 aromatic carbocycles. The minimum absolute atomic E-state index is 0.0489. The molecule has 35 heavy (non-hydrogen) atoms. The molecule has 1 saturated heterocycles. The molecule has 184 valence electrons. The average molecular weight is 481 g/mol. The monoisotopic (exact) mass is 480 g/mol. The van der Waals surface area contributed by atoms with Crippen LogP contribution in [0.3, 0.4) is 0 Å². The third-order valence-electron chi connectivity index (χ3n) is 7.44. The number of nitrogens with two attached hydrogens (primary N) is 1. The van der Waals surface area contributed by atoms with E-state index in [0.29, 0.717) is 36.7 Å². The van der Waals surface area contributed by atoms with Crippen LogP contribution in [0.5, 0.6) is 0 Å². The summed E-state index contributed by atoms with van der Waals surface area (Å²) in [4.78, 5) is 47.3. The molecule has 0 aliphatic carbocycles. The van der Waals surface area contributed by atoms with Gasteiger partial charge in [0.05, 0.1) is 41.3 Å². The van der Waals surface area contributed by atoms with Gasteiger partial charge in [-0.2, -0.15) is 14.4 Å². The largest absolute Gasteiger partial charge is 0.520 e. The second-order valence-electron chi connectivity index (χ2n) is 9.90. The molecule has 3 aromatic rings. The van der Waals surface area contributed by atoms with Crippen LogP contribution in [0.25, 0.3) is 22.6 Å². The molecule has 0 bridgehead atoms. The van der Waals surface area contributed by atoms with E-state index >= 15 is 0 Å². The van der Waals surface area contributed by atoms with Crippen molar-refractivity contribution in [2.45, 2.75) is 51.9 Å². The summed E-state index contributed by atoms with van der Waals surface area (Å²) in [5.41, 5.74) is 8.41. The quantitative estimate of drug-likeness (QED) is 0.488. The predicted molar refractivity (Wildman–Crippen MR) is 131 cm³/mol. The number of imidazole rings is 1. The number of nitrogens with zero attached hydrogens (tertiary/aromatic N) is 5. The van der Waals surface area contributed by atoms with Gasteiger partial charge in [-0.15, -0.1) is 4.68 Å². The van der Waals surface area contributed by atoms with Crippen LogP contribution in [-0.2, 0) is 10.2 Å². The number of nitrogens with one attached hydrogen (secondary N) is 1. The molecule has 2 aliphatic heterocycles. The molecule has 0 radical (unpaired) electrons. The van der Waals surface area contributed by atoms with Crippen molar-refractivity contribution >= 4 is 40.6 Å². The first-order valence-electron chi connectivity index (χ1n) is 12.0. The van der Waals surface area contributed by atoms with Crippen molar-refractivity contribution < 1.29 is 19.5 Å². The molecule has 4 N–H and O–H groups in total. The van der Waals surface area contributed by atoms with Crippen molar-refractivity contribution in [2.24, 2.45) is 5.73 Å². The molecule has 5 rings (SSSR count).